The van der Waals surface area contributed by atoms with E-state index in [0.717, 1.165) is 32.1 Å². The summed E-state index contributed by atoms with van der Waals surface area (Å²) >= 11 is 0. The molecule has 6 nitrogen and oxygen atoms in total. The summed E-state index contributed by atoms with van der Waals surface area (Å²) in [6.07, 6.45) is 3.94. The first kappa shape index (κ1) is 13.4. The monoisotopic (exact) mass is 249 g/mol. The molecule has 0 aromatic carbocycles. The number of carbonyl (C=O) groups is 1. The summed E-state index contributed by atoms with van der Waals surface area (Å²) in [5, 5.41) is 5.86. The average Bonchev–Trinajstić information content (AvgIpc) is 2.37. The Morgan fingerprint density at radius 1 is 1.38 bits per heavy atom. The first-order valence-corrected chi connectivity index (χ1v) is 7.34. The maximum absolute atomic E-state index is 11.5. The molecule has 1 fully saturated rings. The summed E-state index contributed by atoms with van der Waals surface area (Å²) in [7, 11) is -3.14. The Morgan fingerprint density at radius 3 is 2.81 bits per heavy atom. The third-order valence-corrected chi connectivity index (χ3v) is 3.14. The predicted octanol–water partition coefficient (Wildman–Crippen LogP) is -1.21. The second kappa shape index (κ2) is 6.17. The van der Waals surface area contributed by atoms with E-state index in [-0.39, 0.29) is 11.9 Å². The van der Waals surface area contributed by atoms with Crippen molar-refractivity contribution in [3.05, 3.63) is 0 Å². The van der Waals surface area contributed by atoms with Crippen LogP contribution < -0.4 is 15.4 Å². The minimum absolute atomic E-state index is 0.0110. The van der Waals surface area contributed by atoms with Gasteiger partial charge in [-0.05, 0) is 19.3 Å². The third kappa shape index (κ3) is 5.43. The lowest BCUT2D eigenvalue weighted by Gasteiger charge is -2.14. The Kier molecular flexibility index (Phi) is 5.17. The van der Waals surface area contributed by atoms with Crippen LogP contribution in [0.25, 0.3) is 0 Å². The van der Waals surface area contributed by atoms with E-state index in [9.17, 15) is 13.2 Å². The van der Waals surface area contributed by atoms with Crippen molar-refractivity contribution >= 4 is 15.9 Å². The van der Waals surface area contributed by atoms with Crippen molar-refractivity contribution in [2.24, 2.45) is 0 Å². The summed E-state index contributed by atoms with van der Waals surface area (Å²) in [5.74, 6) is 0.0110. The molecule has 1 saturated heterocycles. The first-order valence-electron chi connectivity index (χ1n) is 5.45. The molecule has 0 radical (unpaired) electrons. The van der Waals surface area contributed by atoms with Gasteiger partial charge in [0, 0.05) is 19.6 Å². The molecular formula is C9H19N3O3S. The molecule has 94 valence electrons. The van der Waals surface area contributed by atoms with Crippen molar-refractivity contribution in [2.45, 2.75) is 25.3 Å². The minimum atomic E-state index is -3.14. The van der Waals surface area contributed by atoms with Crippen molar-refractivity contribution in [2.75, 3.05) is 25.9 Å². The van der Waals surface area contributed by atoms with Gasteiger partial charge < -0.3 is 10.6 Å². The molecule has 0 aromatic heterocycles. The molecule has 1 heterocycles. The quantitative estimate of drug-likeness (QED) is 0.534. The lowest BCUT2D eigenvalue weighted by atomic mass is 10.1. The van der Waals surface area contributed by atoms with Gasteiger partial charge in [0.05, 0.1) is 12.3 Å². The zero-order valence-corrected chi connectivity index (χ0v) is 10.3. The number of amides is 1. The van der Waals surface area contributed by atoms with Crippen molar-refractivity contribution in [1.82, 2.24) is 15.4 Å². The number of rotatable bonds is 5. The molecule has 0 saturated carbocycles. The van der Waals surface area contributed by atoms with Crippen LogP contribution in [0, 0.1) is 0 Å². The van der Waals surface area contributed by atoms with Gasteiger partial charge in [-0.2, -0.15) is 0 Å². The number of hydrogen-bond donors (Lipinski definition) is 3. The molecule has 1 unspecified atom stereocenters. The molecule has 1 aliphatic rings. The maximum Gasteiger partial charge on any atom is 0.237 e. The summed E-state index contributed by atoms with van der Waals surface area (Å²) in [4.78, 5) is 11.5. The van der Waals surface area contributed by atoms with Crippen LogP contribution in [0.5, 0.6) is 0 Å². The van der Waals surface area contributed by atoms with E-state index in [1.807, 2.05) is 0 Å². The van der Waals surface area contributed by atoms with Gasteiger partial charge in [0.1, 0.15) is 0 Å². The van der Waals surface area contributed by atoms with Gasteiger partial charge >= 0.3 is 0 Å². The molecule has 0 spiro atoms. The van der Waals surface area contributed by atoms with Crippen LogP contribution in [0.2, 0.25) is 0 Å². The van der Waals surface area contributed by atoms with Crippen molar-refractivity contribution < 1.29 is 13.2 Å². The second-order valence-electron chi connectivity index (χ2n) is 3.96. The maximum atomic E-state index is 11.5. The molecule has 1 aliphatic heterocycles. The Hall–Kier alpha value is -0.660. The highest BCUT2D eigenvalue weighted by Crippen LogP contribution is 2.04. The van der Waals surface area contributed by atoms with E-state index in [1.165, 1.54) is 0 Å². The first-order chi connectivity index (χ1) is 7.49. The van der Waals surface area contributed by atoms with E-state index in [1.54, 1.807) is 0 Å². The minimum Gasteiger partial charge on any atom is -0.355 e. The van der Waals surface area contributed by atoms with Crippen LogP contribution in [0.4, 0.5) is 0 Å². The van der Waals surface area contributed by atoms with Crippen molar-refractivity contribution in [3.8, 4) is 0 Å². The fourth-order valence-electron chi connectivity index (χ4n) is 1.62. The molecule has 16 heavy (non-hydrogen) atoms. The summed E-state index contributed by atoms with van der Waals surface area (Å²) in [5.41, 5.74) is 0. The van der Waals surface area contributed by atoms with Crippen LogP contribution in [-0.4, -0.2) is 46.3 Å². The van der Waals surface area contributed by atoms with E-state index < -0.39 is 10.0 Å². The SMILES string of the molecule is CS(=O)(=O)NCCNC1CCCCNC1=O. The highest BCUT2D eigenvalue weighted by atomic mass is 32.2. The zero-order chi connectivity index (χ0) is 12.0. The van der Waals surface area contributed by atoms with E-state index >= 15 is 0 Å². The van der Waals surface area contributed by atoms with Crippen LogP contribution in [0.1, 0.15) is 19.3 Å². The molecule has 0 aromatic rings. The number of nitrogens with one attached hydrogen (secondary N) is 3. The van der Waals surface area contributed by atoms with Gasteiger partial charge in [0.25, 0.3) is 0 Å². The van der Waals surface area contributed by atoms with Crippen LogP contribution in [0.3, 0.4) is 0 Å². The Balaban J connectivity index is 2.23. The number of hydrogen-bond acceptors (Lipinski definition) is 4. The average molecular weight is 249 g/mol. The second-order valence-corrected chi connectivity index (χ2v) is 5.79. The normalized spacial score (nSPS) is 22.6. The highest BCUT2D eigenvalue weighted by Gasteiger charge is 2.19. The molecule has 1 rings (SSSR count). The van der Waals surface area contributed by atoms with E-state index in [0.29, 0.717) is 13.1 Å². The van der Waals surface area contributed by atoms with E-state index in [2.05, 4.69) is 15.4 Å². The smallest absolute Gasteiger partial charge is 0.237 e. The fraction of sp³-hybridized carbons (Fsp3) is 0.889. The largest absolute Gasteiger partial charge is 0.355 e. The topological polar surface area (TPSA) is 87.3 Å². The van der Waals surface area contributed by atoms with Gasteiger partial charge in [0.15, 0.2) is 0 Å². The lowest BCUT2D eigenvalue weighted by Crippen LogP contribution is -2.45. The predicted molar refractivity (Wildman–Crippen MR) is 61.5 cm³/mol. The molecule has 3 N–H and O–H groups in total. The van der Waals surface area contributed by atoms with Crippen LogP contribution in [0.15, 0.2) is 0 Å². The number of sulfonamides is 1. The third-order valence-electron chi connectivity index (χ3n) is 2.42. The zero-order valence-electron chi connectivity index (χ0n) is 9.45. The molecule has 0 bridgehead atoms. The Labute approximate surface area is 96.2 Å². The molecule has 1 amide bonds. The number of carbonyl (C=O) groups excluding carboxylic acids is 1. The van der Waals surface area contributed by atoms with E-state index in [4.69, 9.17) is 0 Å². The van der Waals surface area contributed by atoms with Gasteiger partial charge in [-0.1, -0.05) is 0 Å². The molecular weight excluding hydrogens is 230 g/mol. The van der Waals surface area contributed by atoms with Gasteiger partial charge in [-0.15, -0.1) is 0 Å². The Morgan fingerprint density at radius 2 is 2.12 bits per heavy atom. The summed E-state index contributed by atoms with van der Waals surface area (Å²) in [6.45, 7) is 1.51. The van der Waals surface area contributed by atoms with Crippen LogP contribution in [-0.2, 0) is 14.8 Å². The van der Waals surface area contributed by atoms with Gasteiger partial charge in [-0.25, -0.2) is 13.1 Å². The standard InChI is InChI=1S/C9H19N3O3S/c1-16(14,15)12-7-6-10-8-4-2-3-5-11-9(8)13/h8,10,12H,2-7H2,1H3,(H,11,13). The fourth-order valence-corrected chi connectivity index (χ4v) is 2.09. The summed E-state index contributed by atoms with van der Waals surface area (Å²) in [6, 6.07) is -0.191. The van der Waals surface area contributed by atoms with Gasteiger partial charge in [-0.3, -0.25) is 4.79 Å². The van der Waals surface area contributed by atoms with Gasteiger partial charge in [0.2, 0.25) is 15.9 Å². The van der Waals surface area contributed by atoms with Crippen molar-refractivity contribution in [3.63, 3.8) is 0 Å². The molecule has 7 heteroatoms. The van der Waals surface area contributed by atoms with Crippen molar-refractivity contribution in [1.29, 1.82) is 0 Å². The molecule has 0 aliphatic carbocycles. The van der Waals surface area contributed by atoms with Crippen LogP contribution >= 0.6 is 0 Å². The highest BCUT2D eigenvalue weighted by molar-refractivity contribution is 7.88. The lowest BCUT2D eigenvalue weighted by molar-refractivity contribution is -0.122. The Bertz CT molecular complexity index is 329. The summed E-state index contributed by atoms with van der Waals surface area (Å²) < 4.78 is 23.9. The molecule has 1 atom stereocenters.